The third kappa shape index (κ3) is 2.68. The molecule has 2 nitrogen and oxygen atoms in total. The highest BCUT2D eigenvalue weighted by Gasteiger charge is 2.53. The van der Waals surface area contributed by atoms with E-state index in [0.717, 1.165) is 36.4 Å². The van der Waals surface area contributed by atoms with Crippen molar-refractivity contribution in [1.82, 2.24) is 5.32 Å². The molecule has 0 radical (unpaired) electrons. The van der Waals surface area contributed by atoms with Crippen LogP contribution in [0.25, 0.3) is 0 Å². The van der Waals surface area contributed by atoms with Crippen LogP contribution in [0.5, 0.6) is 5.75 Å². The summed E-state index contributed by atoms with van der Waals surface area (Å²) in [5.74, 6) is 2.05. The number of hydrogen-bond donors (Lipinski definition) is 1. The second kappa shape index (κ2) is 4.98. The maximum absolute atomic E-state index is 14.5. The molecular weight excluding hydrogens is 265 g/mol. The van der Waals surface area contributed by atoms with Crippen LogP contribution in [0.3, 0.4) is 0 Å². The van der Waals surface area contributed by atoms with Gasteiger partial charge in [-0.3, -0.25) is 0 Å². The molecule has 2 atom stereocenters. The Morgan fingerprint density at radius 3 is 2.71 bits per heavy atom. The average Bonchev–Trinajstić information content (AvgIpc) is 3.40. The van der Waals surface area contributed by atoms with Gasteiger partial charge in [-0.25, -0.2) is 4.39 Å². The number of benzene rings is 1. The standard InChI is InChI=1S/C18H24FNO/c1-21-16-4-2-3-12(17(16)19)8-18(11-20-15-5-6-15)9-13-7-14(13)10-18/h2-4,13-15,20H,5-11H2,1H3. The zero-order chi connectivity index (χ0) is 14.4. The largest absolute Gasteiger partial charge is 0.494 e. The molecule has 1 N–H and O–H groups in total. The Hall–Kier alpha value is -1.09. The van der Waals surface area contributed by atoms with E-state index < -0.39 is 0 Å². The lowest BCUT2D eigenvalue weighted by Gasteiger charge is -2.32. The van der Waals surface area contributed by atoms with Crippen LogP contribution in [0.2, 0.25) is 0 Å². The Balaban J connectivity index is 1.53. The maximum Gasteiger partial charge on any atom is 0.168 e. The molecule has 0 aromatic heterocycles. The van der Waals surface area contributed by atoms with Crippen LogP contribution in [0, 0.1) is 23.1 Å². The lowest BCUT2D eigenvalue weighted by atomic mass is 9.77. The topological polar surface area (TPSA) is 21.3 Å². The molecule has 0 bridgehead atoms. The number of methoxy groups -OCH3 is 1. The number of halogens is 1. The summed E-state index contributed by atoms with van der Waals surface area (Å²) in [6.07, 6.45) is 7.43. The SMILES string of the molecule is COc1cccc(CC2(CNC3CC3)CC3CC3C2)c1F. The van der Waals surface area contributed by atoms with Crippen molar-refractivity contribution in [2.45, 2.75) is 44.6 Å². The van der Waals surface area contributed by atoms with E-state index in [1.54, 1.807) is 6.07 Å². The predicted octanol–water partition coefficient (Wildman–Crippen LogP) is 3.55. The Morgan fingerprint density at radius 1 is 1.29 bits per heavy atom. The van der Waals surface area contributed by atoms with E-state index in [0.29, 0.717) is 5.75 Å². The van der Waals surface area contributed by atoms with Crippen molar-refractivity contribution >= 4 is 0 Å². The zero-order valence-electron chi connectivity index (χ0n) is 12.7. The third-order valence-corrected chi connectivity index (χ3v) is 5.63. The van der Waals surface area contributed by atoms with E-state index in [4.69, 9.17) is 4.74 Å². The van der Waals surface area contributed by atoms with Crippen molar-refractivity contribution in [3.8, 4) is 5.75 Å². The number of fused-ring (bicyclic) bond motifs is 1. The van der Waals surface area contributed by atoms with Crippen LogP contribution in [-0.4, -0.2) is 19.7 Å². The first kappa shape index (κ1) is 13.6. The first-order valence-electron chi connectivity index (χ1n) is 8.24. The quantitative estimate of drug-likeness (QED) is 0.865. The number of nitrogens with one attached hydrogen (secondary N) is 1. The van der Waals surface area contributed by atoms with E-state index in [1.807, 2.05) is 12.1 Å². The summed E-state index contributed by atoms with van der Waals surface area (Å²) in [4.78, 5) is 0. The molecule has 3 saturated carbocycles. The Bertz CT molecular complexity index is 530. The molecule has 1 aromatic rings. The van der Waals surface area contributed by atoms with Gasteiger partial charge in [0.15, 0.2) is 11.6 Å². The van der Waals surface area contributed by atoms with Crippen molar-refractivity contribution in [2.75, 3.05) is 13.7 Å². The fourth-order valence-electron chi connectivity index (χ4n) is 4.26. The van der Waals surface area contributed by atoms with Crippen LogP contribution in [0.15, 0.2) is 18.2 Å². The molecule has 0 heterocycles. The molecule has 0 saturated heterocycles. The molecule has 2 unspecified atom stereocenters. The fraction of sp³-hybridized carbons (Fsp3) is 0.667. The molecular formula is C18H24FNO. The Kier molecular flexibility index (Phi) is 3.21. The average molecular weight is 289 g/mol. The van der Waals surface area contributed by atoms with Gasteiger partial charge in [0.2, 0.25) is 0 Å². The highest BCUT2D eigenvalue weighted by molar-refractivity contribution is 5.32. The number of ether oxygens (including phenoxy) is 1. The summed E-state index contributed by atoms with van der Waals surface area (Å²) in [5.41, 5.74) is 1.09. The molecule has 3 aliphatic carbocycles. The molecule has 3 aliphatic rings. The van der Waals surface area contributed by atoms with Gasteiger partial charge in [-0.05, 0) is 67.4 Å². The van der Waals surface area contributed by atoms with Gasteiger partial charge < -0.3 is 10.1 Å². The lowest BCUT2D eigenvalue weighted by Crippen LogP contribution is -2.36. The normalized spacial score (nSPS) is 33.8. The predicted molar refractivity (Wildman–Crippen MR) is 80.9 cm³/mol. The smallest absolute Gasteiger partial charge is 0.168 e. The second-order valence-electron chi connectivity index (χ2n) is 7.43. The minimum absolute atomic E-state index is 0.161. The molecule has 3 fully saturated rings. The van der Waals surface area contributed by atoms with Gasteiger partial charge in [-0.1, -0.05) is 12.1 Å². The number of rotatable bonds is 6. The highest BCUT2D eigenvalue weighted by atomic mass is 19.1. The van der Waals surface area contributed by atoms with Gasteiger partial charge in [-0.15, -0.1) is 0 Å². The maximum atomic E-state index is 14.5. The Labute approximate surface area is 126 Å². The van der Waals surface area contributed by atoms with Gasteiger partial charge >= 0.3 is 0 Å². The molecule has 114 valence electrons. The van der Waals surface area contributed by atoms with E-state index in [9.17, 15) is 4.39 Å². The van der Waals surface area contributed by atoms with Gasteiger partial charge in [0.1, 0.15) is 0 Å². The van der Waals surface area contributed by atoms with Gasteiger partial charge in [0.25, 0.3) is 0 Å². The van der Waals surface area contributed by atoms with Gasteiger partial charge in [0, 0.05) is 12.6 Å². The summed E-state index contributed by atoms with van der Waals surface area (Å²) < 4.78 is 19.6. The Morgan fingerprint density at radius 2 is 2.05 bits per heavy atom. The van der Waals surface area contributed by atoms with E-state index in [1.165, 1.54) is 39.2 Å². The molecule has 1 aromatic carbocycles. The van der Waals surface area contributed by atoms with E-state index in [-0.39, 0.29) is 11.2 Å². The van der Waals surface area contributed by atoms with Crippen molar-refractivity contribution in [3.05, 3.63) is 29.6 Å². The molecule has 21 heavy (non-hydrogen) atoms. The van der Waals surface area contributed by atoms with Crippen molar-refractivity contribution < 1.29 is 9.13 Å². The monoisotopic (exact) mass is 289 g/mol. The van der Waals surface area contributed by atoms with Crippen molar-refractivity contribution in [3.63, 3.8) is 0 Å². The molecule has 0 aliphatic heterocycles. The molecule has 3 heteroatoms. The van der Waals surface area contributed by atoms with Crippen molar-refractivity contribution in [1.29, 1.82) is 0 Å². The molecule has 0 amide bonds. The highest BCUT2D eigenvalue weighted by Crippen LogP contribution is 2.60. The lowest BCUT2D eigenvalue weighted by molar-refractivity contribution is 0.244. The number of hydrogen-bond acceptors (Lipinski definition) is 2. The van der Waals surface area contributed by atoms with Crippen LogP contribution >= 0.6 is 0 Å². The summed E-state index contributed by atoms with van der Waals surface area (Å²) in [7, 11) is 1.54. The minimum atomic E-state index is -0.161. The van der Waals surface area contributed by atoms with Crippen LogP contribution < -0.4 is 10.1 Å². The zero-order valence-corrected chi connectivity index (χ0v) is 12.7. The molecule has 4 rings (SSSR count). The second-order valence-corrected chi connectivity index (χ2v) is 7.43. The minimum Gasteiger partial charge on any atom is -0.494 e. The first-order chi connectivity index (χ1) is 10.2. The summed E-state index contributed by atoms with van der Waals surface area (Å²) in [6.45, 7) is 1.06. The summed E-state index contributed by atoms with van der Waals surface area (Å²) >= 11 is 0. The third-order valence-electron chi connectivity index (χ3n) is 5.63. The first-order valence-corrected chi connectivity index (χ1v) is 8.24. The van der Waals surface area contributed by atoms with Crippen LogP contribution in [0.4, 0.5) is 4.39 Å². The summed E-state index contributed by atoms with van der Waals surface area (Å²) in [5, 5.41) is 3.70. The molecule has 0 spiro atoms. The van der Waals surface area contributed by atoms with E-state index in [2.05, 4.69) is 5.32 Å². The van der Waals surface area contributed by atoms with Gasteiger partial charge in [-0.2, -0.15) is 0 Å². The van der Waals surface area contributed by atoms with E-state index >= 15 is 0 Å². The van der Waals surface area contributed by atoms with Crippen molar-refractivity contribution in [2.24, 2.45) is 17.3 Å². The van der Waals surface area contributed by atoms with Gasteiger partial charge in [0.05, 0.1) is 7.11 Å². The van der Waals surface area contributed by atoms with Crippen LogP contribution in [0.1, 0.15) is 37.7 Å². The fourth-order valence-corrected chi connectivity index (χ4v) is 4.26. The van der Waals surface area contributed by atoms with Crippen LogP contribution in [-0.2, 0) is 6.42 Å². The summed E-state index contributed by atoms with van der Waals surface area (Å²) in [6, 6.07) is 6.28.